The Hall–Kier alpha value is -2.90. The van der Waals surface area contributed by atoms with Crippen molar-refractivity contribution in [2.75, 3.05) is 6.54 Å². The third-order valence-corrected chi connectivity index (χ3v) is 6.25. The highest BCUT2D eigenvalue weighted by atomic mass is 32.2. The minimum Gasteiger partial charge on any atom is -0.467 e. The lowest BCUT2D eigenvalue weighted by atomic mass is 10.2. The first-order chi connectivity index (χ1) is 13.5. The fourth-order valence-electron chi connectivity index (χ4n) is 2.76. The van der Waals surface area contributed by atoms with E-state index in [-0.39, 0.29) is 17.3 Å². The van der Waals surface area contributed by atoms with Crippen LogP contribution in [-0.2, 0) is 23.1 Å². The lowest BCUT2D eigenvalue weighted by Gasteiger charge is -2.20. The van der Waals surface area contributed by atoms with Crippen LogP contribution in [0.5, 0.6) is 0 Å². The molecule has 3 rings (SSSR count). The molecule has 0 bridgehead atoms. The van der Waals surface area contributed by atoms with Crippen LogP contribution in [0.1, 0.15) is 28.6 Å². The van der Waals surface area contributed by atoms with Gasteiger partial charge in [0.2, 0.25) is 10.0 Å². The highest BCUT2D eigenvalue weighted by Crippen LogP contribution is 2.19. The van der Waals surface area contributed by atoms with Gasteiger partial charge in [-0.3, -0.25) is 4.79 Å². The van der Waals surface area contributed by atoms with Crippen LogP contribution >= 0.6 is 0 Å². The van der Waals surface area contributed by atoms with E-state index in [9.17, 15) is 13.2 Å². The van der Waals surface area contributed by atoms with Gasteiger partial charge in [-0.25, -0.2) is 8.42 Å². The Morgan fingerprint density at radius 2 is 1.71 bits per heavy atom. The molecule has 0 unspecified atom stereocenters. The van der Waals surface area contributed by atoms with Crippen LogP contribution in [0.3, 0.4) is 0 Å². The van der Waals surface area contributed by atoms with Crippen molar-refractivity contribution in [3.63, 3.8) is 0 Å². The number of amides is 1. The van der Waals surface area contributed by atoms with Gasteiger partial charge in [-0.15, -0.1) is 0 Å². The van der Waals surface area contributed by atoms with E-state index in [0.717, 1.165) is 5.56 Å². The van der Waals surface area contributed by atoms with Gasteiger partial charge in [0.05, 0.1) is 17.7 Å². The molecule has 0 radical (unpaired) electrons. The lowest BCUT2D eigenvalue weighted by Crippen LogP contribution is -2.30. The number of furan rings is 1. The van der Waals surface area contributed by atoms with Crippen LogP contribution in [0.25, 0.3) is 0 Å². The van der Waals surface area contributed by atoms with Crippen molar-refractivity contribution >= 4 is 15.9 Å². The van der Waals surface area contributed by atoms with E-state index >= 15 is 0 Å². The van der Waals surface area contributed by atoms with Gasteiger partial charge < -0.3 is 9.73 Å². The van der Waals surface area contributed by atoms with E-state index in [2.05, 4.69) is 5.32 Å². The molecule has 0 atom stereocenters. The number of nitrogens with zero attached hydrogens (tertiary/aromatic N) is 1. The molecule has 1 aromatic heterocycles. The van der Waals surface area contributed by atoms with Crippen molar-refractivity contribution in [2.45, 2.75) is 24.9 Å². The Morgan fingerprint density at radius 3 is 2.32 bits per heavy atom. The van der Waals surface area contributed by atoms with E-state index in [4.69, 9.17) is 4.42 Å². The smallest absolute Gasteiger partial charge is 0.251 e. The summed E-state index contributed by atoms with van der Waals surface area (Å²) in [4.78, 5) is 12.4. The largest absolute Gasteiger partial charge is 0.467 e. The van der Waals surface area contributed by atoms with Gasteiger partial charge in [-0.2, -0.15) is 4.31 Å². The Labute approximate surface area is 164 Å². The molecule has 0 spiro atoms. The number of rotatable bonds is 8. The first-order valence-electron chi connectivity index (χ1n) is 8.95. The second-order valence-corrected chi connectivity index (χ2v) is 8.14. The van der Waals surface area contributed by atoms with E-state index in [0.29, 0.717) is 24.4 Å². The number of carbonyl (C=O) groups excluding carboxylic acids is 1. The summed E-state index contributed by atoms with van der Waals surface area (Å²) in [6, 6.07) is 18.9. The SMILES string of the molecule is CCN(Cc1ccccc1)S(=O)(=O)c1ccc(C(=O)NCc2ccco2)cc1. The molecule has 3 aromatic rings. The Kier molecular flexibility index (Phi) is 6.28. The molecular formula is C21H22N2O4S. The molecule has 1 N–H and O–H groups in total. The Bertz CT molecular complexity index is 998. The summed E-state index contributed by atoms with van der Waals surface area (Å²) in [7, 11) is -3.65. The number of carbonyl (C=O) groups is 1. The minimum absolute atomic E-state index is 0.160. The number of hydrogen-bond donors (Lipinski definition) is 1. The van der Waals surface area contributed by atoms with E-state index in [1.54, 1.807) is 19.1 Å². The van der Waals surface area contributed by atoms with Crippen molar-refractivity contribution in [2.24, 2.45) is 0 Å². The molecule has 1 amide bonds. The maximum atomic E-state index is 12.9. The molecule has 1 heterocycles. The molecule has 2 aromatic carbocycles. The van der Waals surface area contributed by atoms with Crippen molar-refractivity contribution in [1.29, 1.82) is 0 Å². The summed E-state index contributed by atoms with van der Waals surface area (Å²) in [5.74, 6) is 0.351. The summed E-state index contributed by atoms with van der Waals surface area (Å²) in [6.45, 7) is 2.72. The molecule has 0 saturated carbocycles. The first kappa shape index (κ1) is 19.9. The van der Waals surface area contributed by atoms with E-state index in [1.807, 2.05) is 30.3 Å². The fraction of sp³-hybridized carbons (Fsp3) is 0.190. The Balaban J connectivity index is 1.70. The zero-order chi connectivity index (χ0) is 20.0. The summed E-state index contributed by atoms with van der Waals surface area (Å²) >= 11 is 0. The summed E-state index contributed by atoms with van der Waals surface area (Å²) < 4.78 is 32.5. The highest BCUT2D eigenvalue weighted by molar-refractivity contribution is 7.89. The van der Waals surface area contributed by atoms with Gasteiger partial charge in [0.25, 0.3) is 5.91 Å². The van der Waals surface area contributed by atoms with Gasteiger partial charge in [-0.05, 0) is 42.0 Å². The number of nitrogens with one attached hydrogen (secondary N) is 1. The summed E-state index contributed by atoms with van der Waals surface area (Å²) in [5.41, 5.74) is 1.30. The van der Waals surface area contributed by atoms with Crippen molar-refractivity contribution in [1.82, 2.24) is 9.62 Å². The van der Waals surface area contributed by atoms with Crippen molar-refractivity contribution in [3.8, 4) is 0 Å². The second-order valence-electron chi connectivity index (χ2n) is 6.20. The molecular weight excluding hydrogens is 376 g/mol. The van der Waals surface area contributed by atoms with Crippen LogP contribution < -0.4 is 5.32 Å². The van der Waals surface area contributed by atoms with Crippen LogP contribution in [0.15, 0.2) is 82.3 Å². The molecule has 0 saturated heterocycles. The van der Waals surface area contributed by atoms with Gasteiger partial charge >= 0.3 is 0 Å². The molecule has 0 fully saturated rings. The highest BCUT2D eigenvalue weighted by Gasteiger charge is 2.23. The number of sulfonamides is 1. The zero-order valence-electron chi connectivity index (χ0n) is 15.5. The molecule has 7 heteroatoms. The minimum atomic E-state index is -3.65. The molecule has 28 heavy (non-hydrogen) atoms. The summed E-state index contributed by atoms with van der Waals surface area (Å²) in [6.07, 6.45) is 1.54. The van der Waals surface area contributed by atoms with Crippen LogP contribution in [-0.4, -0.2) is 25.2 Å². The molecule has 0 aliphatic carbocycles. The predicted octanol–water partition coefficient (Wildman–Crippen LogP) is 3.42. The molecule has 146 valence electrons. The Morgan fingerprint density at radius 1 is 1.00 bits per heavy atom. The van der Waals surface area contributed by atoms with E-state index in [1.165, 1.54) is 34.8 Å². The van der Waals surface area contributed by atoms with Crippen LogP contribution in [0.4, 0.5) is 0 Å². The normalized spacial score (nSPS) is 11.5. The standard InChI is InChI=1S/C21H22N2O4S/c1-2-23(16-17-7-4-3-5-8-17)28(25,26)20-12-10-18(11-13-20)21(24)22-15-19-9-6-14-27-19/h3-14H,2,15-16H2,1H3,(H,22,24). The molecule has 0 aliphatic heterocycles. The van der Waals surface area contributed by atoms with Crippen molar-refractivity contribution < 1.29 is 17.6 Å². The van der Waals surface area contributed by atoms with Gasteiger partial charge in [0, 0.05) is 18.7 Å². The quantitative estimate of drug-likeness (QED) is 0.631. The molecule has 6 nitrogen and oxygen atoms in total. The number of hydrogen-bond acceptors (Lipinski definition) is 4. The van der Waals surface area contributed by atoms with Gasteiger partial charge in [0.15, 0.2) is 0 Å². The number of benzene rings is 2. The maximum Gasteiger partial charge on any atom is 0.251 e. The lowest BCUT2D eigenvalue weighted by molar-refractivity contribution is 0.0948. The second kappa shape index (κ2) is 8.86. The average molecular weight is 398 g/mol. The zero-order valence-corrected chi connectivity index (χ0v) is 16.4. The van der Waals surface area contributed by atoms with E-state index < -0.39 is 10.0 Å². The third-order valence-electron chi connectivity index (χ3n) is 4.31. The topological polar surface area (TPSA) is 79.6 Å². The predicted molar refractivity (Wildman–Crippen MR) is 106 cm³/mol. The van der Waals surface area contributed by atoms with Gasteiger partial charge in [0.1, 0.15) is 5.76 Å². The maximum absolute atomic E-state index is 12.9. The van der Waals surface area contributed by atoms with Crippen molar-refractivity contribution in [3.05, 3.63) is 89.9 Å². The summed E-state index contributed by atoms with van der Waals surface area (Å²) in [5, 5.41) is 2.73. The fourth-order valence-corrected chi connectivity index (χ4v) is 4.20. The molecule has 0 aliphatic rings. The monoisotopic (exact) mass is 398 g/mol. The first-order valence-corrected chi connectivity index (χ1v) is 10.4. The van der Waals surface area contributed by atoms with Crippen LogP contribution in [0, 0.1) is 0 Å². The van der Waals surface area contributed by atoms with Gasteiger partial charge in [-0.1, -0.05) is 37.3 Å². The average Bonchev–Trinajstić information content (AvgIpc) is 3.24. The third kappa shape index (κ3) is 4.68. The van der Waals surface area contributed by atoms with Crippen LogP contribution in [0.2, 0.25) is 0 Å².